The fourth-order valence-electron chi connectivity index (χ4n) is 4.60. The van der Waals surface area contributed by atoms with Crippen molar-refractivity contribution in [1.82, 2.24) is 14.5 Å². The van der Waals surface area contributed by atoms with E-state index < -0.39 is 11.7 Å². The Kier molecular flexibility index (Phi) is 7.33. The molecule has 0 aliphatic carbocycles. The Morgan fingerprint density at radius 3 is 2.57 bits per heavy atom. The van der Waals surface area contributed by atoms with Crippen LogP contribution in [0.5, 0.6) is 0 Å². The number of rotatable bonds is 6. The van der Waals surface area contributed by atoms with E-state index in [9.17, 15) is 23.2 Å². The molecule has 2 fully saturated rings. The highest BCUT2D eigenvalue weighted by molar-refractivity contribution is 5.93. The minimum Gasteiger partial charge on any atom is -0.376 e. The van der Waals surface area contributed by atoms with Gasteiger partial charge in [0.15, 0.2) is 0 Å². The highest BCUT2D eigenvalue weighted by Gasteiger charge is 2.31. The van der Waals surface area contributed by atoms with E-state index in [1.165, 1.54) is 6.07 Å². The summed E-state index contributed by atoms with van der Waals surface area (Å²) in [6.07, 6.45) is -1.55. The van der Waals surface area contributed by atoms with Crippen LogP contribution in [0.25, 0.3) is 0 Å². The van der Waals surface area contributed by atoms with Crippen molar-refractivity contribution >= 4 is 17.5 Å². The van der Waals surface area contributed by atoms with E-state index in [1.807, 2.05) is 28.2 Å². The molecule has 11 heteroatoms. The van der Waals surface area contributed by atoms with Crippen LogP contribution in [0.4, 0.5) is 24.8 Å². The SMILES string of the molecule is Cc1c(C#N)c(NC(=O)CN2CCN(c3ccc(C(F)(F)F)cn3)CC2)n(CC2CCCO2)c1C. The Morgan fingerprint density at radius 2 is 2.00 bits per heavy atom. The number of carbonyl (C=O) groups excluding carboxylic acids is 1. The number of hydrogen-bond donors (Lipinski definition) is 1. The molecule has 4 heterocycles. The fraction of sp³-hybridized carbons (Fsp3) is 0.542. The van der Waals surface area contributed by atoms with Crippen LogP contribution in [-0.4, -0.2) is 65.8 Å². The molecule has 2 aliphatic rings. The molecule has 0 aromatic carbocycles. The molecule has 188 valence electrons. The molecule has 35 heavy (non-hydrogen) atoms. The first-order chi connectivity index (χ1) is 16.7. The van der Waals surface area contributed by atoms with Gasteiger partial charge < -0.3 is 19.5 Å². The van der Waals surface area contributed by atoms with Crippen molar-refractivity contribution in [3.63, 3.8) is 0 Å². The van der Waals surface area contributed by atoms with Gasteiger partial charge in [-0.2, -0.15) is 18.4 Å². The normalized spacial score (nSPS) is 19.1. The number of amides is 1. The lowest BCUT2D eigenvalue weighted by Crippen LogP contribution is -2.49. The molecule has 2 aliphatic heterocycles. The second kappa shape index (κ2) is 10.3. The fourth-order valence-corrected chi connectivity index (χ4v) is 4.60. The van der Waals surface area contributed by atoms with Crippen molar-refractivity contribution < 1.29 is 22.7 Å². The summed E-state index contributed by atoms with van der Waals surface area (Å²) >= 11 is 0. The van der Waals surface area contributed by atoms with Crippen LogP contribution in [0.2, 0.25) is 0 Å². The van der Waals surface area contributed by atoms with E-state index >= 15 is 0 Å². The number of ether oxygens (including phenoxy) is 1. The lowest BCUT2D eigenvalue weighted by Gasteiger charge is -2.35. The monoisotopic (exact) mass is 490 g/mol. The van der Waals surface area contributed by atoms with E-state index in [1.54, 1.807) is 0 Å². The van der Waals surface area contributed by atoms with Crippen molar-refractivity contribution in [3.8, 4) is 6.07 Å². The van der Waals surface area contributed by atoms with Gasteiger partial charge in [-0.05, 0) is 44.4 Å². The van der Waals surface area contributed by atoms with Crippen LogP contribution in [-0.2, 0) is 22.3 Å². The maximum atomic E-state index is 12.9. The zero-order valence-corrected chi connectivity index (χ0v) is 19.9. The third-order valence-electron chi connectivity index (χ3n) is 6.75. The molecular formula is C24H29F3N6O2. The number of nitrogens with one attached hydrogen (secondary N) is 1. The Bertz CT molecular complexity index is 1090. The zero-order chi connectivity index (χ0) is 25.2. The van der Waals surface area contributed by atoms with Crippen molar-refractivity contribution in [3.05, 3.63) is 40.7 Å². The van der Waals surface area contributed by atoms with Gasteiger partial charge in [0.2, 0.25) is 5.91 Å². The second-order valence-electron chi connectivity index (χ2n) is 9.01. The number of nitriles is 1. The smallest absolute Gasteiger partial charge is 0.376 e. The minimum atomic E-state index is -4.41. The summed E-state index contributed by atoms with van der Waals surface area (Å²) in [7, 11) is 0. The number of carbonyl (C=O) groups is 1. The lowest BCUT2D eigenvalue weighted by molar-refractivity contribution is -0.137. The highest BCUT2D eigenvalue weighted by atomic mass is 19.4. The number of alkyl halides is 3. The highest BCUT2D eigenvalue weighted by Crippen LogP contribution is 2.30. The maximum absolute atomic E-state index is 12.9. The van der Waals surface area contributed by atoms with Gasteiger partial charge in [0, 0.05) is 44.7 Å². The third kappa shape index (κ3) is 5.60. The molecule has 2 aromatic heterocycles. The standard InChI is InChI=1S/C24H29F3N6O2/c1-16-17(2)33(14-19-4-3-11-35-19)23(20(16)12-28)30-22(34)15-31-7-9-32(10-8-31)21-6-5-18(13-29-21)24(25,26)27/h5-6,13,19H,3-4,7-11,14-15H2,1-2H3,(H,30,34). The first-order valence-corrected chi connectivity index (χ1v) is 11.7. The van der Waals surface area contributed by atoms with Crippen LogP contribution in [0.15, 0.2) is 18.3 Å². The summed E-state index contributed by atoms with van der Waals surface area (Å²) in [6, 6.07) is 4.63. The number of nitrogens with zero attached hydrogens (tertiary/aromatic N) is 5. The van der Waals surface area contributed by atoms with E-state index in [4.69, 9.17) is 4.74 Å². The number of pyridine rings is 1. The molecule has 0 bridgehead atoms. The predicted octanol–water partition coefficient (Wildman–Crippen LogP) is 3.33. The van der Waals surface area contributed by atoms with Crippen LogP contribution < -0.4 is 10.2 Å². The number of piperazine rings is 1. The van der Waals surface area contributed by atoms with Crippen molar-refractivity contribution in [2.75, 3.05) is 49.5 Å². The summed E-state index contributed by atoms with van der Waals surface area (Å²) in [6.45, 7) is 7.51. The van der Waals surface area contributed by atoms with Crippen LogP contribution in [0.3, 0.4) is 0 Å². The van der Waals surface area contributed by atoms with Gasteiger partial charge in [-0.25, -0.2) is 4.98 Å². The zero-order valence-electron chi connectivity index (χ0n) is 19.9. The van der Waals surface area contributed by atoms with Crippen LogP contribution >= 0.6 is 0 Å². The minimum absolute atomic E-state index is 0.0644. The Balaban J connectivity index is 1.36. The summed E-state index contributed by atoms with van der Waals surface area (Å²) < 4.78 is 46.0. The number of hydrogen-bond acceptors (Lipinski definition) is 6. The average Bonchev–Trinajstić information content (AvgIpc) is 3.42. The van der Waals surface area contributed by atoms with Gasteiger partial charge in [-0.3, -0.25) is 9.69 Å². The summed E-state index contributed by atoms with van der Waals surface area (Å²) in [5.74, 6) is 0.781. The average molecular weight is 491 g/mol. The first-order valence-electron chi connectivity index (χ1n) is 11.7. The molecule has 0 saturated carbocycles. The van der Waals surface area contributed by atoms with Gasteiger partial charge in [0.1, 0.15) is 17.7 Å². The first kappa shape index (κ1) is 25.0. The number of halogens is 3. The van der Waals surface area contributed by atoms with E-state index in [0.717, 1.165) is 43.0 Å². The van der Waals surface area contributed by atoms with Gasteiger partial charge in [-0.1, -0.05) is 0 Å². The number of aromatic nitrogens is 2. The topological polar surface area (TPSA) is 86.4 Å². The van der Waals surface area contributed by atoms with E-state index in [-0.39, 0.29) is 18.6 Å². The van der Waals surface area contributed by atoms with Crippen molar-refractivity contribution in [1.29, 1.82) is 5.26 Å². The summed E-state index contributed by atoms with van der Waals surface area (Å²) in [5.41, 5.74) is 1.47. The van der Waals surface area contributed by atoms with E-state index in [2.05, 4.69) is 16.4 Å². The second-order valence-corrected chi connectivity index (χ2v) is 9.01. The molecular weight excluding hydrogens is 461 g/mol. The molecule has 1 unspecified atom stereocenters. The van der Waals surface area contributed by atoms with Gasteiger partial charge in [0.05, 0.1) is 30.3 Å². The van der Waals surface area contributed by atoms with E-state index in [0.29, 0.717) is 49.9 Å². The molecule has 1 N–H and O–H groups in total. The van der Waals surface area contributed by atoms with Gasteiger partial charge in [-0.15, -0.1) is 0 Å². The Hall–Kier alpha value is -3.10. The molecule has 1 atom stereocenters. The quantitative estimate of drug-likeness (QED) is 0.669. The third-order valence-corrected chi connectivity index (χ3v) is 6.75. The van der Waals surface area contributed by atoms with Crippen LogP contribution in [0, 0.1) is 25.2 Å². The molecule has 8 nitrogen and oxygen atoms in total. The summed E-state index contributed by atoms with van der Waals surface area (Å²) in [4.78, 5) is 20.7. The van der Waals surface area contributed by atoms with Crippen LogP contribution in [0.1, 0.15) is 35.2 Å². The molecule has 2 aromatic rings. The van der Waals surface area contributed by atoms with Gasteiger partial charge in [0.25, 0.3) is 0 Å². The largest absolute Gasteiger partial charge is 0.417 e. The molecule has 0 radical (unpaired) electrons. The number of anilines is 2. The lowest BCUT2D eigenvalue weighted by atomic mass is 10.2. The van der Waals surface area contributed by atoms with Crippen molar-refractivity contribution in [2.24, 2.45) is 0 Å². The molecule has 1 amide bonds. The molecule has 4 rings (SSSR count). The summed E-state index contributed by atoms with van der Waals surface area (Å²) in [5, 5.41) is 12.6. The Morgan fingerprint density at radius 1 is 1.26 bits per heavy atom. The molecule has 2 saturated heterocycles. The Labute approximate surface area is 202 Å². The predicted molar refractivity (Wildman–Crippen MR) is 124 cm³/mol. The maximum Gasteiger partial charge on any atom is 0.417 e. The van der Waals surface area contributed by atoms with Gasteiger partial charge >= 0.3 is 6.18 Å². The molecule has 0 spiro atoms. The van der Waals surface area contributed by atoms with Crippen molar-refractivity contribution in [2.45, 2.75) is 45.5 Å².